The van der Waals surface area contributed by atoms with Crippen molar-refractivity contribution in [1.82, 2.24) is 9.91 Å². The van der Waals surface area contributed by atoms with E-state index in [1.54, 1.807) is 18.9 Å². The minimum atomic E-state index is -4.35. The highest BCUT2D eigenvalue weighted by atomic mass is 19.4. The summed E-state index contributed by atoms with van der Waals surface area (Å²) in [5.74, 6) is -0.125. The van der Waals surface area contributed by atoms with Crippen molar-refractivity contribution in [2.45, 2.75) is 58.9 Å². The molecule has 3 nitrogen and oxygen atoms in total. The Morgan fingerprint density at radius 3 is 2.39 bits per heavy atom. The lowest BCUT2D eigenvalue weighted by molar-refractivity contribution is -0.239. The van der Waals surface area contributed by atoms with Crippen molar-refractivity contribution in [2.24, 2.45) is 11.0 Å². The molecule has 0 saturated heterocycles. The maximum Gasteiger partial charge on any atom is 0.487 e. The van der Waals surface area contributed by atoms with Gasteiger partial charge in [-0.15, -0.1) is 13.2 Å². The first kappa shape index (κ1) is 15.1. The fourth-order valence-electron chi connectivity index (χ4n) is 2.17. The number of unbranched alkanes of at least 4 members (excludes halogenated alkanes) is 3. The molecule has 0 aromatic heterocycles. The Bertz CT molecular complexity index is 276. The van der Waals surface area contributed by atoms with E-state index in [0.29, 0.717) is 11.4 Å². The molecule has 6 heteroatoms. The van der Waals surface area contributed by atoms with Gasteiger partial charge in [-0.2, -0.15) is 5.10 Å². The SMILES string of the molecule is CCCCCCN1N=CN(C(F)(F)F)C1C(C)C. The molecule has 1 rings (SSSR count). The van der Waals surface area contributed by atoms with Crippen LogP contribution in [0.25, 0.3) is 0 Å². The average Bonchev–Trinajstić information content (AvgIpc) is 2.67. The summed E-state index contributed by atoms with van der Waals surface area (Å²) in [5, 5.41) is 5.46. The minimum Gasteiger partial charge on any atom is -0.273 e. The first-order valence-electron chi connectivity index (χ1n) is 6.53. The van der Waals surface area contributed by atoms with Gasteiger partial charge in [-0.3, -0.25) is 9.91 Å². The van der Waals surface area contributed by atoms with Crippen LogP contribution in [0.5, 0.6) is 0 Å². The van der Waals surface area contributed by atoms with E-state index in [1.165, 1.54) is 0 Å². The Kier molecular flexibility index (Phi) is 5.28. The molecule has 0 aromatic carbocycles. The van der Waals surface area contributed by atoms with Crippen LogP contribution < -0.4 is 0 Å². The molecular formula is C12H22F3N3. The van der Waals surface area contributed by atoms with Crippen LogP contribution in [0.1, 0.15) is 46.5 Å². The maximum atomic E-state index is 12.8. The zero-order valence-electron chi connectivity index (χ0n) is 11.2. The van der Waals surface area contributed by atoms with Crippen LogP contribution in [0.3, 0.4) is 0 Å². The second kappa shape index (κ2) is 6.29. The molecule has 1 aliphatic rings. The summed E-state index contributed by atoms with van der Waals surface area (Å²) in [6.07, 6.45) is 0.0190. The zero-order valence-corrected chi connectivity index (χ0v) is 11.2. The number of alkyl halides is 3. The summed E-state index contributed by atoms with van der Waals surface area (Å²) in [4.78, 5) is 0.400. The average molecular weight is 265 g/mol. The third-order valence-corrected chi connectivity index (χ3v) is 3.04. The van der Waals surface area contributed by atoms with Gasteiger partial charge >= 0.3 is 6.30 Å². The van der Waals surface area contributed by atoms with Gasteiger partial charge in [-0.25, -0.2) is 0 Å². The normalized spacial score (nSPS) is 20.3. The summed E-state index contributed by atoms with van der Waals surface area (Å²) >= 11 is 0. The van der Waals surface area contributed by atoms with Gasteiger partial charge < -0.3 is 0 Å². The molecule has 0 spiro atoms. The van der Waals surface area contributed by atoms with Gasteiger partial charge in [0.05, 0.1) is 0 Å². The molecule has 0 aliphatic carbocycles. The van der Waals surface area contributed by atoms with Crippen LogP contribution in [0, 0.1) is 5.92 Å². The molecule has 1 atom stereocenters. The van der Waals surface area contributed by atoms with E-state index < -0.39 is 12.5 Å². The van der Waals surface area contributed by atoms with E-state index in [4.69, 9.17) is 0 Å². The lowest BCUT2D eigenvalue weighted by Crippen LogP contribution is -2.50. The second-order valence-electron chi connectivity index (χ2n) is 4.99. The summed E-state index contributed by atoms with van der Waals surface area (Å²) in [6.45, 7) is 6.27. The zero-order chi connectivity index (χ0) is 13.8. The molecule has 0 bridgehead atoms. The Morgan fingerprint density at radius 2 is 1.89 bits per heavy atom. The van der Waals surface area contributed by atoms with Gasteiger partial charge in [-0.1, -0.05) is 40.0 Å². The van der Waals surface area contributed by atoms with Crippen LogP contribution in [0.15, 0.2) is 5.10 Å². The molecule has 1 unspecified atom stereocenters. The second-order valence-corrected chi connectivity index (χ2v) is 4.99. The van der Waals surface area contributed by atoms with Crippen LogP contribution in [0.2, 0.25) is 0 Å². The molecule has 1 aliphatic heterocycles. The molecular weight excluding hydrogens is 243 g/mol. The summed E-state index contributed by atoms with van der Waals surface area (Å²) in [5.41, 5.74) is 0. The molecule has 0 aromatic rings. The topological polar surface area (TPSA) is 18.8 Å². The highest BCUT2D eigenvalue weighted by Gasteiger charge is 2.46. The van der Waals surface area contributed by atoms with Crippen LogP contribution in [0.4, 0.5) is 13.2 Å². The molecule has 0 N–H and O–H groups in total. The monoisotopic (exact) mass is 265 g/mol. The van der Waals surface area contributed by atoms with Crippen LogP contribution in [-0.2, 0) is 0 Å². The van der Waals surface area contributed by atoms with Gasteiger partial charge in [0.25, 0.3) is 0 Å². The predicted molar refractivity (Wildman–Crippen MR) is 65.9 cm³/mol. The van der Waals surface area contributed by atoms with Gasteiger partial charge in [-0.05, 0) is 12.3 Å². The molecule has 106 valence electrons. The number of nitrogens with zero attached hydrogens (tertiary/aromatic N) is 3. The first-order valence-corrected chi connectivity index (χ1v) is 6.53. The van der Waals surface area contributed by atoms with Gasteiger partial charge in [0.1, 0.15) is 12.5 Å². The van der Waals surface area contributed by atoms with Crippen molar-refractivity contribution in [1.29, 1.82) is 0 Å². The van der Waals surface area contributed by atoms with Crippen molar-refractivity contribution in [3.63, 3.8) is 0 Å². The Balaban J connectivity index is 2.56. The van der Waals surface area contributed by atoms with E-state index in [0.717, 1.165) is 32.0 Å². The van der Waals surface area contributed by atoms with Crippen molar-refractivity contribution < 1.29 is 13.2 Å². The number of hydrazone groups is 1. The third-order valence-electron chi connectivity index (χ3n) is 3.04. The fraction of sp³-hybridized carbons (Fsp3) is 0.917. The Morgan fingerprint density at radius 1 is 1.22 bits per heavy atom. The van der Waals surface area contributed by atoms with Crippen LogP contribution >= 0.6 is 0 Å². The van der Waals surface area contributed by atoms with Crippen LogP contribution in [-0.4, -0.2) is 35.3 Å². The van der Waals surface area contributed by atoms with Crippen molar-refractivity contribution >= 4 is 6.34 Å². The lowest BCUT2D eigenvalue weighted by atomic mass is 10.1. The molecule has 0 amide bonds. The minimum absolute atomic E-state index is 0.125. The smallest absolute Gasteiger partial charge is 0.273 e. The van der Waals surface area contributed by atoms with Gasteiger partial charge in [0, 0.05) is 6.54 Å². The van der Waals surface area contributed by atoms with Gasteiger partial charge in [0.2, 0.25) is 0 Å². The van der Waals surface area contributed by atoms with E-state index >= 15 is 0 Å². The Hall–Kier alpha value is -0.940. The fourth-order valence-corrected chi connectivity index (χ4v) is 2.17. The molecule has 1 heterocycles. The van der Waals surface area contributed by atoms with E-state index in [2.05, 4.69) is 12.0 Å². The standard InChI is InChI=1S/C12H22F3N3/c1-4-5-6-7-8-18-11(10(2)3)17(9-16-18)12(13,14)15/h9-11H,4-8H2,1-3H3. The highest BCUT2D eigenvalue weighted by Crippen LogP contribution is 2.31. The number of rotatable bonds is 6. The molecule has 0 radical (unpaired) electrons. The maximum absolute atomic E-state index is 12.8. The number of halogens is 3. The van der Waals surface area contributed by atoms with Crippen molar-refractivity contribution in [2.75, 3.05) is 6.54 Å². The first-order chi connectivity index (χ1) is 8.38. The van der Waals surface area contributed by atoms with E-state index in [-0.39, 0.29) is 5.92 Å². The number of hydrogen-bond acceptors (Lipinski definition) is 3. The number of hydrogen-bond donors (Lipinski definition) is 0. The predicted octanol–water partition coefficient (Wildman–Crippen LogP) is 3.63. The molecule has 0 saturated carbocycles. The van der Waals surface area contributed by atoms with Crippen molar-refractivity contribution in [3.05, 3.63) is 0 Å². The largest absolute Gasteiger partial charge is 0.487 e. The van der Waals surface area contributed by atoms with E-state index in [1.807, 2.05) is 0 Å². The quantitative estimate of drug-likeness (QED) is 0.539. The molecule has 18 heavy (non-hydrogen) atoms. The summed E-state index contributed by atoms with van der Waals surface area (Å²) < 4.78 is 38.4. The molecule has 0 fully saturated rings. The van der Waals surface area contributed by atoms with Crippen molar-refractivity contribution in [3.8, 4) is 0 Å². The summed E-state index contributed by atoms with van der Waals surface area (Å²) in [7, 11) is 0. The summed E-state index contributed by atoms with van der Waals surface area (Å²) in [6, 6.07) is 0. The van der Waals surface area contributed by atoms with Gasteiger partial charge in [0.15, 0.2) is 0 Å². The lowest BCUT2D eigenvalue weighted by Gasteiger charge is -2.34. The Labute approximate surface area is 107 Å². The van der Waals surface area contributed by atoms with E-state index in [9.17, 15) is 13.2 Å². The highest BCUT2D eigenvalue weighted by molar-refractivity contribution is 5.57. The third kappa shape index (κ3) is 3.78.